The Morgan fingerprint density at radius 3 is 2.48 bits per heavy atom. The molecule has 0 amide bonds. The van der Waals surface area contributed by atoms with Gasteiger partial charge in [0.15, 0.2) is 0 Å². The number of aromatic carboxylic acids is 1. The van der Waals surface area contributed by atoms with Gasteiger partial charge in [0.25, 0.3) is 0 Å². The number of hydrogen-bond donors (Lipinski definition) is 1. The fraction of sp³-hybridized carbons (Fsp3) is 0.0435. The highest BCUT2D eigenvalue weighted by atomic mass is 127. The Kier molecular flexibility index (Phi) is 6.62. The van der Waals surface area contributed by atoms with Crippen molar-refractivity contribution in [1.29, 1.82) is 5.26 Å². The number of carbonyl (C=O) groups is 1. The second-order valence-electron chi connectivity index (χ2n) is 6.16. The molecule has 1 N–H and O–H groups in total. The Balaban J connectivity index is 1.74. The Bertz CT molecular complexity index is 1120. The number of allylic oxidation sites excluding steroid dienone is 1. The van der Waals surface area contributed by atoms with Crippen LogP contribution in [0.15, 0.2) is 66.7 Å². The van der Waals surface area contributed by atoms with Crippen molar-refractivity contribution < 1.29 is 19.0 Å². The number of hydrogen-bond acceptors (Lipinski definition) is 3. The molecule has 0 fully saturated rings. The number of benzene rings is 3. The third-order valence-corrected chi connectivity index (χ3v) is 4.96. The molecule has 0 aliphatic heterocycles. The zero-order chi connectivity index (χ0) is 20.8. The number of carboxylic acids is 1. The van der Waals surface area contributed by atoms with Crippen molar-refractivity contribution in [3.05, 3.63) is 98.4 Å². The second kappa shape index (κ2) is 9.34. The SMILES string of the molecule is N#C/C(=C/c1ccc(OCc2ccc(C(=O)O)cc2)c(I)c1)c1cccc(F)c1. The summed E-state index contributed by atoms with van der Waals surface area (Å²) in [6, 6.07) is 20.0. The number of rotatable bonds is 6. The largest absolute Gasteiger partial charge is 0.488 e. The number of halogens is 2. The molecule has 6 heteroatoms. The van der Waals surface area contributed by atoms with Crippen LogP contribution in [0.25, 0.3) is 11.6 Å². The molecule has 0 radical (unpaired) electrons. The lowest BCUT2D eigenvalue weighted by Crippen LogP contribution is -1.99. The number of nitrogens with zero attached hydrogens (tertiary/aromatic N) is 1. The van der Waals surface area contributed by atoms with Crippen molar-refractivity contribution in [3.63, 3.8) is 0 Å². The maximum absolute atomic E-state index is 13.4. The van der Waals surface area contributed by atoms with Gasteiger partial charge < -0.3 is 9.84 Å². The zero-order valence-electron chi connectivity index (χ0n) is 15.1. The van der Waals surface area contributed by atoms with Crippen molar-refractivity contribution in [2.75, 3.05) is 0 Å². The monoisotopic (exact) mass is 499 g/mol. The minimum absolute atomic E-state index is 0.228. The number of nitriles is 1. The van der Waals surface area contributed by atoms with E-state index in [9.17, 15) is 14.4 Å². The lowest BCUT2D eigenvalue weighted by atomic mass is 10.0. The molecule has 3 rings (SSSR count). The standard InChI is InChI=1S/C23H15FINO3/c24-20-3-1-2-18(12-20)19(13-26)10-16-6-9-22(21(25)11-16)29-14-15-4-7-17(8-5-15)23(27)28/h1-12H,14H2,(H,27,28)/b19-10-. The molecule has 0 heterocycles. The Morgan fingerprint density at radius 1 is 1.10 bits per heavy atom. The molecule has 3 aromatic rings. The minimum Gasteiger partial charge on any atom is -0.488 e. The minimum atomic E-state index is -0.967. The van der Waals surface area contributed by atoms with Crippen LogP contribution >= 0.6 is 22.6 Å². The summed E-state index contributed by atoms with van der Waals surface area (Å²) >= 11 is 2.15. The molecule has 0 unspecified atom stereocenters. The van der Waals surface area contributed by atoms with E-state index in [0.29, 0.717) is 23.5 Å². The summed E-state index contributed by atoms with van der Waals surface area (Å²) in [5.74, 6) is -0.682. The second-order valence-corrected chi connectivity index (χ2v) is 7.32. The molecule has 0 aromatic heterocycles. The van der Waals surface area contributed by atoms with Gasteiger partial charge in [0, 0.05) is 0 Å². The van der Waals surface area contributed by atoms with Gasteiger partial charge in [-0.1, -0.05) is 30.3 Å². The van der Waals surface area contributed by atoms with Crippen molar-refractivity contribution in [2.45, 2.75) is 6.61 Å². The van der Waals surface area contributed by atoms with Crippen LogP contribution in [-0.2, 0) is 6.61 Å². The molecular formula is C23H15FINO3. The quantitative estimate of drug-likeness (QED) is 0.266. The average Bonchev–Trinajstić information content (AvgIpc) is 2.71. The molecule has 29 heavy (non-hydrogen) atoms. The van der Waals surface area contributed by atoms with E-state index >= 15 is 0 Å². The van der Waals surface area contributed by atoms with Gasteiger partial charge in [-0.3, -0.25) is 0 Å². The average molecular weight is 499 g/mol. The third-order valence-electron chi connectivity index (χ3n) is 4.12. The Morgan fingerprint density at radius 2 is 1.86 bits per heavy atom. The van der Waals surface area contributed by atoms with Crippen LogP contribution in [0.1, 0.15) is 27.0 Å². The summed E-state index contributed by atoms with van der Waals surface area (Å²) in [5.41, 5.74) is 2.77. The summed E-state index contributed by atoms with van der Waals surface area (Å²) in [6.07, 6.45) is 1.70. The van der Waals surface area contributed by atoms with Crippen LogP contribution in [0, 0.1) is 20.7 Å². The van der Waals surface area contributed by atoms with Gasteiger partial charge in [-0.15, -0.1) is 0 Å². The number of carboxylic acid groups (broad SMARTS) is 1. The molecule has 4 nitrogen and oxygen atoms in total. The van der Waals surface area contributed by atoms with Crippen LogP contribution < -0.4 is 4.74 Å². The molecule has 144 valence electrons. The van der Waals surface area contributed by atoms with Crippen LogP contribution in [0.5, 0.6) is 5.75 Å². The Labute approximate surface area is 181 Å². The highest BCUT2D eigenvalue weighted by Crippen LogP contribution is 2.26. The van der Waals surface area contributed by atoms with Crippen molar-refractivity contribution in [2.24, 2.45) is 0 Å². The fourth-order valence-electron chi connectivity index (χ4n) is 2.63. The van der Waals surface area contributed by atoms with Gasteiger partial charge in [0.1, 0.15) is 18.2 Å². The molecule has 0 bridgehead atoms. The van der Waals surface area contributed by atoms with Crippen LogP contribution in [-0.4, -0.2) is 11.1 Å². The summed E-state index contributed by atoms with van der Waals surface area (Å²) in [4.78, 5) is 10.9. The molecule has 0 aliphatic carbocycles. The van der Waals surface area contributed by atoms with E-state index in [1.807, 2.05) is 12.1 Å². The van der Waals surface area contributed by atoms with E-state index in [0.717, 1.165) is 14.7 Å². The maximum atomic E-state index is 13.4. The topological polar surface area (TPSA) is 70.3 Å². The van der Waals surface area contributed by atoms with Crippen molar-refractivity contribution >= 4 is 40.2 Å². The highest BCUT2D eigenvalue weighted by Gasteiger charge is 2.07. The van der Waals surface area contributed by atoms with E-state index in [-0.39, 0.29) is 5.56 Å². The lowest BCUT2D eigenvalue weighted by Gasteiger charge is -2.09. The van der Waals surface area contributed by atoms with E-state index in [1.165, 1.54) is 24.3 Å². The van der Waals surface area contributed by atoms with E-state index in [2.05, 4.69) is 28.7 Å². The van der Waals surface area contributed by atoms with Gasteiger partial charge in [-0.2, -0.15) is 5.26 Å². The molecule has 0 aliphatic rings. The van der Waals surface area contributed by atoms with Gasteiger partial charge in [-0.05, 0) is 81.8 Å². The summed E-state index contributed by atoms with van der Waals surface area (Å²) in [5, 5.41) is 18.4. The molecule has 3 aromatic carbocycles. The fourth-order valence-corrected chi connectivity index (χ4v) is 3.33. The first-order chi connectivity index (χ1) is 14.0. The predicted molar refractivity (Wildman–Crippen MR) is 117 cm³/mol. The van der Waals surface area contributed by atoms with Crippen LogP contribution in [0.2, 0.25) is 0 Å². The van der Waals surface area contributed by atoms with E-state index < -0.39 is 11.8 Å². The summed E-state index contributed by atoms with van der Waals surface area (Å²) < 4.78 is 20.1. The molecular weight excluding hydrogens is 484 g/mol. The van der Waals surface area contributed by atoms with Gasteiger partial charge in [-0.25, -0.2) is 9.18 Å². The van der Waals surface area contributed by atoms with Gasteiger partial charge in [0.05, 0.1) is 20.8 Å². The maximum Gasteiger partial charge on any atom is 0.335 e. The molecule has 0 saturated carbocycles. The smallest absolute Gasteiger partial charge is 0.335 e. The summed E-state index contributed by atoms with van der Waals surface area (Å²) in [6.45, 7) is 0.303. The predicted octanol–water partition coefficient (Wildman–Crippen LogP) is 5.77. The van der Waals surface area contributed by atoms with Crippen molar-refractivity contribution in [1.82, 2.24) is 0 Å². The van der Waals surface area contributed by atoms with Crippen LogP contribution in [0.4, 0.5) is 4.39 Å². The normalized spacial score (nSPS) is 11.0. The molecule has 0 spiro atoms. The molecule has 0 atom stereocenters. The zero-order valence-corrected chi connectivity index (χ0v) is 17.3. The van der Waals surface area contributed by atoms with Crippen molar-refractivity contribution in [3.8, 4) is 11.8 Å². The molecule has 0 saturated heterocycles. The number of ether oxygens (including phenoxy) is 1. The third kappa shape index (κ3) is 5.42. The Hall–Kier alpha value is -3.18. The van der Waals surface area contributed by atoms with E-state index in [4.69, 9.17) is 9.84 Å². The first kappa shape index (κ1) is 20.6. The first-order valence-corrected chi connectivity index (χ1v) is 9.66. The summed E-state index contributed by atoms with van der Waals surface area (Å²) in [7, 11) is 0. The van der Waals surface area contributed by atoms with E-state index in [1.54, 1.807) is 36.4 Å². The lowest BCUT2D eigenvalue weighted by molar-refractivity contribution is 0.0697. The highest BCUT2D eigenvalue weighted by molar-refractivity contribution is 14.1. The first-order valence-electron chi connectivity index (χ1n) is 8.58. The van der Waals surface area contributed by atoms with Gasteiger partial charge in [0.2, 0.25) is 0 Å². The van der Waals surface area contributed by atoms with Gasteiger partial charge >= 0.3 is 5.97 Å². The van der Waals surface area contributed by atoms with Crippen LogP contribution in [0.3, 0.4) is 0 Å².